The van der Waals surface area contributed by atoms with Gasteiger partial charge in [0.15, 0.2) is 0 Å². The van der Waals surface area contributed by atoms with E-state index in [2.05, 4.69) is 5.32 Å². The average Bonchev–Trinajstić information content (AvgIpc) is 2.12. The third-order valence-electron chi connectivity index (χ3n) is 2.14. The molecule has 0 unspecified atom stereocenters. The lowest BCUT2D eigenvalue weighted by atomic mass is 10.0. The Hall–Kier alpha value is -1.31. The van der Waals surface area contributed by atoms with Crippen molar-refractivity contribution in [1.29, 1.82) is 0 Å². The van der Waals surface area contributed by atoms with E-state index in [0.717, 1.165) is 0 Å². The highest BCUT2D eigenvalue weighted by Gasteiger charge is 2.38. The second-order valence-electron chi connectivity index (χ2n) is 4.05. The Morgan fingerprint density at radius 3 is 2.06 bits per heavy atom. The van der Waals surface area contributed by atoms with Crippen molar-refractivity contribution in [1.82, 2.24) is 10.2 Å². The molecule has 0 atom stereocenters. The molecule has 100 valence electrons. The van der Waals surface area contributed by atoms with Crippen molar-refractivity contribution in [3.63, 3.8) is 0 Å². The molecule has 0 fully saturated rings. The van der Waals surface area contributed by atoms with Crippen LogP contribution in [0, 0.1) is 0 Å². The molecule has 0 bridgehead atoms. The Kier molecular flexibility index (Phi) is 4.94. The molecule has 0 rings (SSSR count). The molecule has 0 heterocycles. The monoisotopic (exact) mass is 256 g/mol. The zero-order valence-corrected chi connectivity index (χ0v) is 9.76. The van der Waals surface area contributed by atoms with Gasteiger partial charge >= 0.3 is 12.1 Å². The van der Waals surface area contributed by atoms with Crippen molar-refractivity contribution in [2.24, 2.45) is 0 Å². The molecular formula is C9H15F3N2O3. The highest BCUT2D eigenvalue weighted by atomic mass is 19.4. The molecule has 1 amide bonds. The van der Waals surface area contributed by atoms with Crippen LogP contribution in [0.3, 0.4) is 0 Å². The van der Waals surface area contributed by atoms with Crippen LogP contribution in [0.4, 0.5) is 13.2 Å². The molecule has 0 saturated heterocycles. The van der Waals surface area contributed by atoms with E-state index >= 15 is 0 Å². The molecule has 5 nitrogen and oxygen atoms in total. The van der Waals surface area contributed by atoms with Gasteiger partial charge in [0.2, 0.25) is 5.91 Å². The minimum absolute atomic E-state index is 0.263. The molecule has 2 N–H and O–H groups in total. The molecule has 0 aromatic heterocycles. The topological polar surface area (TPSA) is 69.6 Å². The fourth-order valence-corrected chi connectivity index (χ4v) is 1.08. The van der Waals surface area contributed by atoms with Crippen LogP contribution in [0.5, 0.6) is 0 Å². The first kappa shape index (κ1) is 15.7. The van der Waals surface area contributed by atoms with Crippen molar-refractivity contribution in [3.8, 4) is 0 Å². The molecule has 0 aliphatic heterocycles. The minimum Gasteiger partial charge on any atom is -0.480 e. The van der Waals surface area contributed by atoms with Gasteiger partial charge in [0, 0.05) is 0 Å². The maximum Gasteiger partial charge on any atom is 0.406 e. The maximum atomic E-state index is 12.2. The number of amides is 1. The standard InChI is InChI=1S/C9H15F3N2O3/c1-8(2,13-3)7(17)14(4-6(15)16)5-9(10,11)12/h13H,4-5H2,1-3H3,(H,15,16). The van der Waals surface area contributed by atoms with Crippen LogP contribution in [-0.4, -0.2) is 53.7 Å². The highest BCUT2D eigenvalue weighted by molar-refractivity contribution is 5.88. The number of likely N-dealkylation sites (N-methyl/N-ethyl adjacent to an activating group) is 1. The van der Waals surface area contributed by atoms with Gasteiger partial charge in [0.1, 0.15) is 13.1 Å². The number of alkyl halides is 3. The molecule has 8 heteroatoms. The second-order valence-corrected chi connectivity index (χ2v) is 4.05. The van der Waals surface area contributed by atoms with E-state index < -0.39 is 36.7 Å². The van der Waals surface area contributed by atoms with Gasteiger partial charge in [-0.3, -0.25) is 9.59 Å². The van der Waals surface area contributed by atoms with Crippen LogP contribution in [-0.2, 0) is 9.59 Å². The van der Waals surface area contributed by atoms with Crippen molar-refractivity contribution in [2.75, 3.05) is 20.1 Å². The molecule has 0 aromatic carbocycles. The largest absolute Gasteiger partial charge is 0.480 e. The summed E-state index contributed by atoms with van der Waals surface area (Å²) in [4.78, 5) is 22.4. The summed E-state index contributed by atoms with van der Waals surface area (Å²) in [5.41, 5.74) is -1.25. The van der Waals surface area contributed by atoms with Gasteiger partial charge in [-0.2, -0.15) is 13.2 Å². The summed E-state index contributed by atoms with van der Waals surface area (Å²) in [5.74, 6) is -2.41. The van der Waals surface area contributed by atoms with Gasteiger partial charge < -0.3 is 15.3 Å². The quantitative estimate of drug-likeness (QED) is 0.749. The SMILES string of the molecule is CNC(C)(C)C(=O)N(CC(=O)O)CC(F)(F)F. The number of hydrogen-bond donors (Lipinski definition) is 2. The number of carboxylic acid groups (broad SMARTS) is 1. The second kappa shape index (κ2) is 5.35. The fourth-order valence-electron chi connectivity index (χ4n) is 1.08. The first-order valence-corrected chi connectivity index (χ1v) is 4.76. The molecule has 0 aliphatic rings. The van der Waals surface area contributed by atoms with E-state index in [9.17, 15) is 22.8 Å². The van der Waals surface area contributed by atoms with Crippen LogP contribution >= 0.6 is 0 Å². The number of nitrogens with one attached hydrogen (secondary N) is 1. The number of aliphatic carboxylic acids is 1. The van der Waals surface area contributed by atoms with E-state index in [-0.39, 0.29) is 4.90 Å². The molecule has 17 heavy (non-hydrogen) atoms. The lowest BCUT2D eigenvalue weighted by Crippen LogP contribution is -2.55. The summed E-state index contributed by atoms with van der Waals surface area (Å²) >= 11 is 0. The lowest BCUT2D eigenvalue weighted by Gasteiger charge is -2.31. The Labute approximate surface area is 96.6 Å². The third-order valence-corrected chi connectivity index (χ3v) is 2.14. The Morgan fingerprint density at radius 2 is 1.76 bits per heavy atom. The van der Waals surface area contributed by atoms with Crippen LogP contribution < -0.4 is 5.32 Å². The van der Waals surface area contributed by atoms with Crippen molar-refractivity contribution < 1.29 is 27.9 Å². The zero-order valence-electron chi connectivity index (χ0n) is 9.76. The van der Waals surface area contributed by atoms with Gasteiger partial charge in [-0.1, -0.05) is 0 Å². The van der Waals surface area contributed by atoms with E-state index in [1.54, 1.807) is 0 Å². The smallest absolute Gasteiger partial charge is 0.406 e. The lowest BCUT2D eigenvalue weighted by molar-refractivity contribution is -0.168. The van der Waals surface area contributed by atoms with E-state index in [4.69, 9.17) is 5.11 Å². The number of carbonyl (C=O) groups excluding carboxylic acids is 1. The molecule has 0 aliphatic carbocycles. The highest BCUT2D eigenvalue weighted by Crippen LogP contribution is 2.18. The Morgan fingerprint density at radius 1 is 1.29 bits per heavy atom. The molecule has 0 saturated carbocycles. The maximum absolute atomic E-state index is 12.2. The summed E-state index contributed by atoms with van der Waals surface area (Å²) in [7, 11) is 1.41. The third kappa shape index (κ3) is 5.53. The summed E-state index contributed by atoms with van der Waals surface area (Å²) in [6.07, 6.45) is -4.63. The van der Waals surface area contributed by atoms with Gasteiger partial charge in [-0.15, -0.1) is 0 Å². The number of halogens is 3. The van der Waals surface area contributed by atoms with Gasteiger partial charge in [0.25, 0.3) is 0 Å². The van der Waals surface area contributed by atoms with Crippen molar-refractivity contribution >= 4 is 11.9 Å². The van der Waals surface area contributed by atoms with Crippen molar-refractivity contribution in [2.45, 2.75) is 25.6 Å². The van der Waals surface area contributed by atoms with Crippen LogP contribution in [0.15, 0.2) is 0 Å². The van der Waals surface area contributed by atoms with Crippen LogP contribution in [0.2, 0.25) is 0 Å². The van der Waals surface area contributed by atoms with Crippen LogP contribution in [0.25, 0.3) is 0 Å². The van der Waals surface area contributed by atoms with Gasteiger partial charge in [-0.05, 0) is 20.9 Å². The Bertz CT molecular complexity index is 302. The molecular weight excluding hydrogens is 241 g/mol. The average molecular weight is 256 g/mol. The molecule has 0 radical (unpaired) electrons. The number of hydrogen-bond acceptors (Lipinski definition) is 3. The first-order chi connectivity index (χ1) is 7.49. The number of rotatable bonds is 5. The summed E-state index contributed by atoms with van der Waals surface area (Å²) in [6.45, 7) is 0.188. The molecule has 0 aromatic rings. The van der Waals surface area contributed by atoms with E-state index in [1.807, 2.05) is 0 Å². The van der Waals surface area contributed by atoms with Crippen LogP contribution in [0.1, 0.15) is 13.8 Å². The predicted octanol–water partition coefficient (Wildman–Crippen LogP) is 0.460. The number of carboxylic acids is 1. The number of nitrogens with zero attached hydrogens (tertiary/aromatic N) is 1. The van der Waals surface area contributed by atoms with E-state index in [0.29, 0.717) is 0 Å². The normalized spacial score (nSPS) is 12.4. The van der Waals surface area contributed by atoms with E-state index in [1.165, 1.54) is 20.9 Å². The van der Waals surface area contributed by atoms with Crippen molar-refractivity contribution in [3.05, 3.63) is 0 Å². The molecule has 0 spiro atoms. The predicted molar refractivity (Wildman–Crippen MR) is 53.4 cm³/mol. The van der Waals surface area contributed by atoms with Gasteiger partial charge in [0.05, 0.1) is 5.54 Å². The minimum atomic E-state index is -4.63. The Balaban J connectivity index is 4.93. The summed E-state index contributed by atoms with van der Waals surface area (Å²) in [5, 5.41) is 11.0. The zero-order chi connectivity index (χ0) is 13.9. The first-order valence-electron chi connectivity index (χ1n) is 4.76. The van der Waals surface area contributed by atoms with Gasteiger partial charge in [-0.25, -0.2) is 0 Å². The summed E-state index contributed by atoms with van der Waals surface area (Å²) < 4.78 is 36.6. The number of carbonyl (C=O) groups is 2. The fraction of sp³-hybridized carbons (Fsp3) is 0.778. The summed E-state index contributed by atoms with van der Waals surface area (Å²) in [6, 6.07) is 0.